The van der Waals surface area contributed by atoms with Crippen LogP contribution in [-0.2, 0) is 20.7 Å². The lowest BCUT2D eigenvalue weighted by Gasteiger charge is -2.35. The Balaban J connectivity index is 1.54. The quantitative estimate of drug-likeness (QED) is 0.435. The van der Waals surface area contributed by atoms with Gasteiger partial charge in [0.25, 0.3) is 0 Å². The number of methoxy groups -OCH3 is 1. The van der Waals surface area contributed by atoms with E-state index in [2.05, 4.69) is 40.7 Å². The number of carbonyl (C=O) groups is 2. The summed E-state index contributed by atoms with van der Waals surface area (Å²) in [5.41, 5.74) is 1.64. The molecule has 1 amide bonds. The molecule has 8 nitrogen and oxygen atoms in total. The lowest BCUT2D eigenvalue weighted by atomic mass is 9.85. The lowest BCUT2D eigenvalue weighted by Crippen LogP contribution is -2.52. The Bertz CT molecular complexity index is 1360. The molecule has 9 heteroatoms. The maximum Gasteiger partial charge on any atom is 0.328 e. The highest BCUT2D eigenvalue weighted by molar-refractivity contribution is 7.13. The molecule has 1 fully saturated rings. The third-order valence-corrected chi connectivity index (χ3v) is 7.92. The van der Waals surface area contributed by atoms with Gasteiger partial charge in [0.15, 0.2) is 5.13 Å². The van der Waals surface area contributed by atoms with Crippen molar-refractivity contribution in [1.82, 2.24) is 14.9 Å². The zero-order valence-corrected chi connectivity index (χ0v) is 23.1. The first-order valence-corrected chi connectivity index (χ1v) is 13.9. The number of nitrogens with zero attached hydrogens (tertiary/aromatic N) is 3. The summed E-state index contributed by atoms with van der Waals surface area (Å²) in [6, 6.07) is 6.84. The van der Waals surface area contributed by atoms with Crippen LogP contribution in [0.15, 0.2) is 41.9 Å². The molecule has 38 heavy (non-hydrogen) atoms. The molecule has 2 aliphatic rings. The maximum absolute atomic E-state index is 14.0. The fraction of sp³-hybridized carbons (Fsp3) is 0.448. The highest BCUT2D eigenvalue weighted by Gasteiger charge is 2.46. The summed E-state index contributed by atoms with van der Waals surface area (Å²) in [4.78, 5) is 37.7. The molecule has 2 aromatic heterocycles. The second-order valence-corrected chi connectivity index (χ2v) is 11.8. The Morgan fingerprint density at radius 2 is 2.11 bits per heavy atom. The van der Waals surface area contributed by atoms with Crippen LogP contribution in [0.4, 0.5) is 5.13 Å². The van der Waals surface area contributed by atoms with Gasteiger partial charge in [-0.2, -0.15) is 0 Å². The van der Waals surface area contributed by atoms with Gasteiger partial charge in [-0.1, -0.05) is 45.1 Å². The van der Waals surface area contributed by atoms with Crippen LogP contribution >= 0.6 is 11.3 Å². The number of hydrogen-bond donors (Lipinski definition) is 1. The Kier molecular flexibility index (Phi) is 7.38. The van der Waals surface area contributed by atoms with Crippen LogP contribution in [0.3, 0.4) is 0 Å². The number of ether oxygens (including phenoxy) is 2. The van der Waals surface area contributed by atoms with E-state index < -0.39 is 29.6 Å². The average molecular weight is 535 g/mol. The maximum atomic E-state index is 14.0. The minimum Gasteiger partial charge on any atom is -0.472 e. The van der Waals surface area contributed by atoms with Crippen molar-refractivity contribution in [1.29, 1.82) is 0 Å². The number of fused-ring (bicyclic) bond motifs is 5. The Hall–Kier alpha value is -3.46. The van der Waals surface area contributed by atoms with E-state index in [-0.39, 0.29) is 12.5 Å². The average Bonchev–Trinajstić information content (AvgIpc) is 3.52. The fourth-order valence-corrected chi connectivity index (χ4v) is 5.82. The molecule has 0 spiro atoms. The first-order chi connectivity index (χ1) is 18.2. The topological polar surface area (TPSA) is 93.7 Å². The predicted octanol–water partition coefficient (Wildman–Crippen LogP) is 5.09. The molecule has 1 saturated heterocycles. The van der Waals surface area contributed by atoms with Crippen molar-refractivity contribution in [2.75, 3.05) is 19.0 Å². The summed E-state index contributed by atoms with van der Waals surface area (Å²) in [6.07, 6.45) is 8.71. The number of aromatic nitrogens is 2. The number of benzene rings is 1. The van der Waals surface area contributed by atoms with E-state index in [1.54, 1.807) is 11.1 Å². The number of carbonyl (C=O) groups excluding carboxylic acids is 2. The molecule has 3 atom stereocenters. The van der Waals surface area contributed by atoms with Gasteiger partial charge >= 0.3 is 5.97 Å². The second-order valence-electron chi connectivity index (χ2n) is 11.0. The van der Waals surface area contributed by atoms with E-state index in [0.29, 0.717) is 17.4 Å². The molecular formula is C29H34N4O4S. The molecule has 0 unspecified atom stereocenters. The summed E-state index contributed by atoms with van der Waals surface area (Å²) in [5, 5.41) is 8.05. The van der Waals surface area contributed by atoms with Gasteiger partial charge in [-0.3, -0.25) is 4.79 Å². The van der Waals surface area contributed by atoms with E-state index in [1.165, 1.54) is 18.4 Å². The number of pyridine rings is 1. The highest BCUT2D eigenvalue weighted by Crippen LogP contribution is 2.33. The number of allylic oxidation sites excluding steroid dienone is 1. The van der Waals surface area contributed by atoms with Crippen LogP contribution in [0.5, 0.6) is 5.88 Å². The smallest absolute Gasteiger partial charge is 0.328 e. The van der Waals surface area contributed by atoms with E-state index in [9.17, 15) is 9.59 Å². The van der Waals surface area contributed by atoms with Crippen LogP contribution < -0.4 is 10.1 Å². The first kappa shape index (κ1) is 26.2. The Morgan fingerprint density at radius 3 is 2.89 bits per heavy atom. The number of nitrogens with one attached hydrogen (secondary N) is 1. The van der Waals surface area contributed by atoms with Crippen LogP contribution in [0.1, 0.15) is 51.3 Å². The summed E-state index contributed by atoms with van der Waals surface area (Å²) in [7, 11) is 1.35. The predicted molar refractivity (Wildman–Crippen MR) is 149 cm³/mol. The number of aryl methyl sites for hydroxylation is 1. The molecular weight excluding hydrogens is 500 g/mol. The number of esters is 1. The Labute approximate surface area is 227 Å². The summed E-state index contributed by atoms with van der Waals surface area (Å²) >= 11 is 1.50. The van der Waals surface area contributed by atoms with Gasteiger partial charge in [-0.25, -0.2) is 14.8 Å². The molecule has 6 bridgehead atoms. The first-order valence-electron chi connectivity index (χ1n) is 13.0. The molecule has 5 rings (SSSR count). The largest absolute Gasteiger partial charge is 0.472 e. The minimum atomic E-state index is -0.741. The van der Waals surface area contributed by atoms with Gasteiger partial charge in [0, 0.05) is 23.4 Å². The molecule has 0 radical (unpaired) electrons. The standard InChI is InChI=1S/C29H34N4O4S/c1-29(2,3)24-26(34)33-16-21(15-23(33)27(35)36-4)37-25-22-14-18(10-11-19(22)12-13-30-25)8-6-5-7-9-20-17-38-28(31-20)32-24/h6,8,10-14,17,21,23-24H,5,7,9,15-16H2,1-4H3,(H,31,32)/b8-6+/t21-,23+,24-/m1/s1. The van der Waals surface area contributed by atoms with Crippen LogP contribution in [0.2, 0.25) is 0 Å². The molecule has 0 aliphatic carbocycles. The molecule has 1 N–H and O–H groups in total. The van der Waals surface area contributed by atoms with Gasteiger partial charge in [0.1, 0.15) is 18.2 Å². The van der Waals surface area contributed by atoms with E-state index in [4.69, 9.17) is 14.5 Å². The number of anilines is 1. The van der Waals surface area contributed by atoms with Crippen molar-refractivity contribution in [3.63, 3.8) is 0 Å². The number of rotatable bonds is 1. The van der Waals surface area contributed by atoms with E-state index in [0.717, 1.165) is 41.3 Å². The molecule has 3 aromatic rings. The van der Waals surface area contributed by atoms with Gasteiger partial charge < -0.3 is 19.7 Å². The molecule has 0 saturated carbocycles. The lowest BCUT2D eigenvalue weighted by molar-refractivity contribution is -0.151. The SMILES string of the molecule is COC(=O)[C@@H]1C[C@@H]2CN1C(=O)[C@H](C(C)(C)C)Nc1nc(cs1)CCC/C=C/c1ccc3ccnc(c3c1)O2. The van der Waals surface area contributed by atoms with Crippen LogP contribution in [0, 0.1) is 5.41 Å². The molecule has 1 aromatic carbocycles. The van der Waals surface area contributed by atoms with E-state index in [1.807, 2.05) is 32.2 Å². The van der Waals surface area contributed by atoms with Crippen molar-refractivity contribution >= 4 is 45.2 Å². The minimum absolute atomic E-state index is 0.175. The van der Waals surface area contributed by atoms with Gasteiger partial charge in [-0.15, -0.1) is 11.3 Å². The van der Waals surface area contributed by atoms with Crippen molar-refractivity contribution in [3.05, 3.63) is 53.2 Å². The van der Waals surface area contributed by atoms with Crippen LogP contribution in [0.25, 0.3) is 16.8 Å². The molecule has 4 heterocycles. The number of hydrogen-bond acceptors (Lipinski definition) is 8. The van der Waals surface area contributed by atoms with Crippen molar-refractivity contribution < 1.29 is 19.1 Å². The third-order valence-electron chi connectivity index (χ3n) is 7.10. The fourth-order valence-electron chi connectivity index (χ4n) is 5.05. The van der Waals surface area contributed by atoms with Crippen LogP contribution in [-0.4, -0.2) is 58.6 Å². The summed E-state index contributed by atoms with van der Waals surface area (Å²) < 4.78 is 11.5. The highest BCUT2D eigenvalue weighted by atomic mass is 32.1. The normalized spacial score (nSPS) is 23.2. The monoisotopic (exact) mass is 534 g/mol. The number of thiazole rings is 1. The van der Waals surface area contributed by atoms with Gasteiger partial charge in [0.2, 0.25) is 11.8 Å². The van der Waals surface area contributed by atoms with Gasteiger partial charge in [0.05, 0.1) is 19.3 Å². The van der Waals surface area contributed by atoms with Gasteiger partial charge in [-0.05, 0) is 47.8 Å². The summed E-state index contributed by atoms with van der Waals surface area (Å²) in [6.45, 7) is 6.28. The number of amides is 1. The van der Waals surface area contributed by atoms with Crippen molar-refractivity contribution in [3.8, 4) is 5.88 Å². The summed E-state index contributed by atoms with van der Waals surface area (Å²) in [5.74, 6) is -0.126. The second kappa shape index (κ2) is 10.7. The zero-order valence-electron chi connectivity index (χ0n) is 22.3. The zero-order chi connectivity index (χ0) is 26.9. The Morgan fingerprint density at radius 1 is 1.26 bits per heavy atom. The van der Waals surface area contributed by atoms with Crippen molar-refractivity contribution in [2.24, 2.45) is 5.41 Å². The molecule has 200 valence electrons. The third kappa shape index (κ3) is 5.53. The van der Waals surface area contributed by atoms with Crippen molar-refractivity contribution in [2.45, 2.75) is 64.6 Å². The molecule has 2 aliphatic heterocycles. The van der Waals surface area contributed by atoms with E-state index >= 15 is 0 Å².